The molecule has 1 saturated heterocycles. The number of nitriles is 1. The van der Waals surface area contributed by atoms with Crippen molar-refractivity contribution in [2.45, 2.75) is 77.2 Å². The van der Waals surface area contributed by atoms with Crippen LogP contribution in [0.4, 0.5) is 5.69 Å². The molecule has 36 heavy (non-hydrogen) atoms. The van der Waals surface area contributed by atoms with E-state index in [0.29, 0.717) is 12.0 Å². The topological polar surface area (TPSA) is 33.5 Å². The highest BCUT2D eigenvalue weighted by Crippen LogP contribution is 2.28. The maximum atomic E-state index is 9.22. The molecule has 2 aromatic carbocycles. The summed E-state index contributed by atoms with van der Waals surface area (Å²) < 4.78 is 0. The molecule has 194 valence electrons. The van der Waals surface area contributed by atoms with Gasteiger partial charge in [-0.2, -0.15) is 5.26 Å². The van der Waals surface area contributed by atoms with Gasteiger partial charge in [0.1, 0.15) is 0 Å². The highest BCUT2D eigenvalue weighted by atomic mass is 15.3. The van der Waals surface area contributed by atoms with E-state index >= 15 is 0 Å². The molecule has 0 amide bonds. The molecular formula is C32H46N4. The van der Waals surface area contributed by atoms with Crippen LogP contribution in [-0.4, -0.2) is 61.7 Å². The third kappa shape index (κ3) is 7.34. The number of rotatable bonds is 11. The molecule has 0 bridgehead atoms. The van der Waals surface area contributed by atoms with Gasteiger partial charge >= 0.3 is 0 Å². The number of anilines is 1. The summed E-state index contributed by atoms with van der Waals surface area (Å²) in [4.78, 5) is 8.06. The maximum Gasteiger partial charge on any atom is 0.0994 e. The molecule has 1 aliphatic carbocycles. The van der Waals surface area contributed by atoms with Crippen molar-refractivity contribution in [1.29, 1.82) is 5.26 Å². The van der Waals surface area contributed by atoms with Gasteiger partial charge in [-0.3, -0.25) is 4.90 Å². The monoisotopic (exact) mass is 486 g/mol. The van der Waals surface area contributed by atoms with Crippen LogP contribution in [-0.2, 0) is 0 Å². The molecule has 4 rings (SSSR count). The van der Waals surface area contributed by atoms with Crippen molar-refractivity contribution >= 4 is 5.69 Å². The molecule has 0 spiro atoms. The van der Waals surface area contributed by atoms with Crippen molar-refractivity contribution in [3.63, 3.8) is 0 Å². The SMILES string of the molecule is CCC(CCCN1CCN(CCN(c2ccccc2)C2CCCCC2)CC1)c1ccc(C#N)c(C)c1. The Morgan fingerprint density at radius 3 is 2.28 bits per heavy atom. The molecule has 2 fully saturated rings. The Hall–Kier alpha value is -2.35. The van der Waals surface area contributed by atoms with Crippen molar-refractivity contribution in [3.05, 3.63) is 65.2 Å². The van der Waals surface area contributed by atoms with Gasteiger partial charge in [-0.15, -0.1) is 0 Å². The van der Waals surface area contributed by atoms with Crippen LogP contribution in [0.25, 0.3) is 0 Å². The Morgan fingerprint density at radius 2 is 1.64 bits per heavy atom. The Kier molecular flexibility index (Phi) is 10.3. The van der Waals surface area contributed by atoms with E-state index in [0.717, 1.165) is 24.1 Å². The highest BCUT2D eigenvalue weighted by Gasteiger charge is 2.23. The molecule has 4 nitrogen and oxygen atoms in total. The molecule has 2 aliphatic rings. The zero-order valence-corrected chi connectivity index (χ0v) is 22.7. The molecule has 1 aliphatic heterocycles. The summed E-state index contributed by atoms with van der Waals surface area (Å²) in [5.74, 6) is 0.599. The van der Waals surface area contributed by atoms with Gasteiger partial charge in [0.25, 0.3) is 0 Å². The van der Waals surface area contributed by atoms with E-state index in [4.69, 9.17) is 0 Å². The number of hydrogen-bond acceptors (Lipinski definition) is 4. The minimum absolute atomic E-state index is 0.599. The summed E-state index contributed by atoms with van der Waals surface area (Å²) in [6, 6.07) is 20.5. The second-order valence-corrected chi connectivity index (χ2v) is 10.9. The first-order valence-electron chi connectivity index (χ1n) is 14.4. The van der Waals surface area contributed by atoms with E-state index in [2.05, 4.69) is 77.1 Å². The maximum absolute atomic E-state index is 9.22. The molecule has 1 saturated carbocycles. The van der Waals surface area contributed by atoms with Crippen LogP contribution in [0, 0.1) is 18.3 Å². The van der Waals surface area contributed by atoms with Crippen LogP contribution in [0.3, 0.4) is 0 Å². The van der Waals surface area contributed by atoms with Crippen LogP contribution in [0.5, 0.6) is 0 Å². The van der Waals surface area contributed by atoms with E-state index in [1.807, 2.05) is 6.07 Å². The summed E-state index contributed by atoms with van der Waals surface area (Å²) in [5, 5.41) is 9.22. The van der Waals surface area contributed by atoms with Crippen molar-refractivity contribution in [3.8, 4) is 6.07 Å². The van der Waals surface area contributed by atoms with Gasteiger partial charge in [0.15, 0.2) is 0 Å². The van der Waals surface area contributed by atoms with E-state index in [1.165, 1.54) is 95.5 Å². The van der Waals surface area contributed by atoms with Crippen LogP contribution >= 0.6 is 0 Å². The number of nitrogens with zero attached hydrogens (tertiary/aromatic N) is 4. The minimum atomic E-state index is 0.599. The number of benzene rings is 2. The first-order chi connectivity index (χ1) is 17.7. The lowest BCUT2D eigenvalue weighted by atomic mass is 9.90. The third-order valence-electron chi connectivity index (χ3n) is 8.59. The predicted molar refractivity (Wildman–Crippen MR) is 152 cm³/mol. The highest BCUT2D eigenvalue weighted by molar-refractivity contribution is 5.47. The number of para-hydroxylation sites is 1. The molecule has 1 atom stereocenters. The Bertz CT molecular complexity index is 952. The summed E-state index contributed by atoms with van der Waals surface area (Å²) in [5.41, 5.74) is 4.72. The number of piperazine rings is 1. The minimum Gasteiger partial charge on any atom is -0.367 e. The first-order valence-corrected chi connectivity index (χ1v) is 14.4. The van der Waals surface area contributed by atoms with Crippen LogP contribution < -0.4 is 4.90 Å². The summed E-state index contributed by atoms with van der Waals surface area (Å²) in [6.07, 6.45) is 10.5. The third-order valence-corrected chi connectivity index (χ3v) is 8.59. The largest absolute Gasteiger partial charge is 0.367 e. The molecule has 0 aromatic heterocycles. The normalized spacial score (nSPS) is 18.6. The lowest BCUT2D eigenvalue weighted by Crippen LogP contribution is -2.49. The van der Waals surface area contributed by atoms with Gasteiger partial charge in [0, 0.05) is 51.0 Å². The first kappa shape index (κ1) is 26.7. The van der Waals surface area contributed by atoms with Gasteiger partial charge in [0.2, 0.25) is 0 Å². The van der Waals surface area contributed by atoms with Crippen LogP contribution in [0.15, 0.2) is 48.5 Å². The van der Waals surface area contributed by atoms with Crippen molar-refractivity contribution in [2.24, 2.45) is 0 Å². The zero-order valence-electron chi connectivity index (χ0n) is 22.7. The molecule has 0 radical (unpaired) electrons. The fourth-order valence-corrected chi connectivity index (χ4v) is 6.25. The van der Waals surface area contributed by atoms with Crippen molar-refractivity contribution in [1.82, 2.24) is 9.80 Å². The average molecular weight is 487 g/mol. The van der Waals surface area contributed by atoms with Gasteiger partial charge in [0.05, 0.1) is 11.6 Å². The zero-order chi connectivity index (χ0) is 25.2. The van der Waals surface area contributed by atoms with Crippen molar-refractivity contribution in [2.75, 3.05) is 50.7 Å². The van der Waals surface area contributed by atoms with E-state index in [9.17, 15) is 5.26 Å². The predicted octanol–water partition coefficient (Wildman–Crippen LogP) is 6.60. The quantitative estimate of drug-likeness (QED) is 0.358. The average Bonchev–Trinajstić information content (AvgIpc) is 2.93. The van der Waals surface area contributed by atoms with Gasteiger partial charge in [-0.25, -0.2) is 0 Å². The fourth-order valence-electron chi connectivity index (χ4n) is 6.25. The molecule has 1 heterocycles. The van der Waals surface area contributed by atoms with Crippen LogP contribution in [0.1, 0.15) is 80.9 Å². The lowest BCUT2D eigenvalue weighted by Gasteiger charge is -2.39. The molecule has 1 unspecified atom stereocenters. The Labute approximate surface area is 219 Å². The van der Waals surface area contributed by atoms with Gasteiger partial charge in [-0.1, -0.05) is 56.5 Å². The van der Waals surface area contributed by atoms with Gasteiger partial charge in [-0.05, 0) is 80.8 Å². The van der Waals surface area contributed by atoms with Gasteiger partial charge < -0.3 is 9.80 Å². The van der Waals surface area contributed by atoms with Crippen molar-refractivity contribution < 1.29 is 0 Å². The number of hydrogen-bond donors (Lipinski definition) is 0. The van der Waals surface area contributed by atoms with Crippen LogP contribution in [0.2, 0.25) is 0 Å². The second-order valence-electron chi connectivity index (χ2n) is 10.9. The molecule has 2 aromatic rings. The summed E-state index contributed by atoms with van der Waals surface area (Å²) >= 11 is 0. The standard InChI is InChI=1S/C32H46N4/c1-3-28(29-16-17-30(26-33)27(2)25-29)11-10-18-34-19-21-35(22-20-34)23-24-36(31-12-6-4-7-13-31)32-14-8-5-9-15-32/h4,6-7,12-13,16-17,25,28,32H,3,5,8-11,14-15,18-24H2,1-2H3. The molecule has 0 N–H and O–H groups in total. The van der Waals surface area contributed by atoms with E-state index in [-0.39, 0.29) is 0 Å². The Balaban J connectivity index is 1.20. The number of aryl methyl sites for hydroxylation is 1. The molecule has 4 heteroatoms. The molecular weight excluding hydrogens is 440 g/mol. The summed E-state index contributed by atoms with van der Waals surface area (Å²) in [7, 11) is 0. The summed E-state index contributed by atoms with van der Waals surface area (Å²) in [6.45, 7) is 12.7. The van der Waals surface area contributed by atoms with E-state index in [1.54, 1.807) is 0 Å². The second kappa shape index (κ2) is 13.8. The van der Waals surface area contributed by atoms with E-state index < -0.39 is 0 Å². The smallest absolute Gasteiger partial charge is 0.0994 e. The Morgan fingerprint density at radius 1 is 0.944 bits per heavy atom. The fraction of sp³-hybridized carbons (Fsp3) is 0.594. The lowest BCUT2D eigenvalue weighted by molar-refractivity contribution is 0.131.